The Bertz CT molecular complexity index is 1150. The molecule has 0 radical (unpaired) electrons. The van der Waals surface area contributed by atoms with Crippen molar-refractivity contribution in [3.8, 4) is 0 Å². The lowest BCUT2D eigenvalue weighted by atomic mass is 10.2. The van der Waals surface area contributed by atoms with Crippen LogP contribution in [0.5, 0.6) is 0 Å². The van der Waals surface area contributed by atoms with Gasteiger partial charge in [0, 0.05) is 11.4 Å². The van der Waals surface area contributed by atoms with E-state index in [1.54, 1.807) is 57.2 Å². The van der Waals surface area contributed by atoms with Crippen LogP contribution in [0.2, 0.25) is 0 Å². The van der Waals surface area contributed by atoms with Crippen LogP contribution >= 0.6 is 0 Å². The molecule has 0 saturated heterocycles. The second kappa shape index (κ2) is 7.52. The molecule has 1 amide bonds. The molecule has 28 heavy (non-hydrogen) atoms. The lowest BCUT2D eigenvalue weighted by molar-refractivity contribution is 0.102. The zero-order chi connectivity index (χ0) is 20.5. The quantitative estimate of drug-likeness (QED) is 0.659. The Labute approximate surface area is 164 Å². The molecule has 0 unspecified atom stereocenters. The Kier molecular flexibility index (Phi) is 5.29. The number of nitrogens with one attached hydrogen (secondary N) is 2. The summed E-state index contributed by atoms with van der Waals surface area (Å²) in [4.78, 5) is 12.6. The Morgan fingerprint density at radius 1 is 0.929 bits per heavy atom. The number of anilines is 2. The first-order valence-electron chi connectivity index (χ1n) is 8.74. The minimum absolute atomic E-state index is 0.104. The molecule has 146 valence electrons. The molecule has 0 aliphatic carbocycles. The van der Waals surface area contributed by atoms with E-state index in [0.29, 0.717) is 34.0 Å². The van der Waals surface area contributed by atoms with Gasteiger partial charge in [-0.25, -0.2) is 8.42 Å². The third-order valence-corrected chi connectivity index (χ3v) is 5.81. The summed E-state index contributed by atoms with van der Waals surface area (Å²) in [5.41, 5.74) is 2.81. The van der Waals surface area contributed by atoms with Gasteiger partial charge in [-0.3, -0.25) is 9.52 Å². The number of carbonyl (C=O) groups is 1. The Hall–Kier alpha value is -3.06. The highest BCUT2D eigenvalue weighted by atomic mass is 32.2. The van der Waals surface area contributed by atoms with Gasteiger partial charge in [-0.05, 0) is 69.2 Å². The van der Waals surface area contributed by atoms with E-state index in [0.717, 1.165) is 5.56 Å². The molecule has 1 aromatic heterocycles. The third kappa shape index (κ3) is 4.26. The van der Waals surface area contributed by atoms with Crippen LogP contribution in [0.3, 0.4) is 0 Å². The van der Waals surface area contributed by atoms with E-state index >= 15 is 0 Å². The van der Waals surface area contributed by atoms with Gasteiger partial charge in [0.1, 0.15) is 11.5 Å². The first kappa shape index (κ1) is 19.7. The van der Waals surface area contributed by atoms with E-state index in [4.69, 9.17) is 4.42 Å². The second-order valence-electron chi connectivity index (χ2n) is 6.74. The summed E-state index contributed by atoms with van der Waals surface area (Å²) in [7, 11) is -3.81. The van der Waals surface area contributed by atoms with Gasteiger partial charge in [0.2, 0.25) is 0 Å². The van der Waals surface area contributed by atoms with Crippen LogP contribution < -0.4 is 10.0 Å². The van der Waals surface area contributed by atoms with Gasteiger partial charge in [-0.2, -0.15) is 0 Å². The number of furan rings is 1. The summed E-state index contributed by atoms with van der Waals surface area (Å²) < 4.78 is 33.7. The number of hydrogen-bond donors (Lipinski definition) is 2. The van der Waals surface area contributed by atoms with Crippen molar-refractivity contribution in [1.29, 1.82) is 0 Å². The molecule has 2 N–H and O–H groups in total. The van der Waals surface area contributed by atoms with Gasteiger partial charge >= 0.3 is 0 Å². The largest absolute Gasteiger partial charge is 0.466 e. The van der Waals surface area contributed by atoms with Gasteiger partial charge < -0.3 is 9.73 Å². The SMILES string of the molecule is Cc1cccc(NS(=O)(=O)c2cc(NC(=O)c3cc(C)oc3C)ccc2C)c1. The van der Waals surface area contributed by atoms with Crippen molar-refractivity contribution in [1.82, 2.24) is 0 Å². The Balaban J connectivity index is 1.88. The topological polar surface area (TPSA) is 88.4 Å². The number of aryl methyl sites for hydroxylation is 4. The maximum absolute atomic E-state index is 12.9. The Morgan fingerprint density at radius 2 is 1.68 bits per heavy atom. The van der Waals surface area contributed by atoms with Crippen molar-refractivity contribution in [2.75, 3.05) is 10.0 Å². The number of hydrogen-bond acceptors (Lipinski definition) is 4. The summed E-state index contributed by atoms with van der Waals surface area (Å²) >= 11 is 0. The molecule has 0 aliphatic heterocycles. The molecule has 3 aromatic rings. The second-order valence-corrected chi connectivity index (χ2v) is 8.39. The fourth-order valence-corrected chi connectivity index (χ4v) is 4.26. The van der Waals surface area contributed by atoms with Crippen molar-refractivity contribution in [2.24, 2.45) is 0 Å². The van der Waals surface area contributed by atoms with Crippen LogP contribution in [-0.4, -0.2) is 14.3 Å². The van der Waals surface area contributed by atoms with E-state index in [9.17, 15) is 13.2 Å². The zero-order valence-electron chi connectivity index (χ0n) is 16.2. The summed E-state index contributed by atoms with van der Waals surface area (Å²) in [5, 5.41) is 2.73. The van der Waals surface area contributed by atoms with Crippen LogP contribution in [0.25, 0.3) is 0 Å². The van der Waals surface area contributed by atoms with Crippen molar-refractivity contribution in [2.45, 2.75) is 32.6 Å². The lowest BCUT2D eigenvalue weighted by Crippen LogP contribution is -2.16. The zero-order valence-corrected chi connectivity index (χ0v) is 17.0. The molecule has 0 atom stereocenters. The Morgan fingerprint density at radius 3 is 2.32 bits per heavy atom. The van der Waals surface area contributed by atoms with Gasteiger partial charge in [-0.15, -0.1) is 0 Å². The molecule has 0 saturated carbocycles. The predicted octanol–water partition coefficient (Wildman–Crippen LogP) is 4.57. The highest BCUT2D eigenvalue weighted by Crippen LogP contribution is 2.24. The minimum atomic E-state index is -3.81. The molecule has 0 spiro atoms. The average Bonchev–Trinajstić information content (AvgIpc) is 2.94. The van der Waals surface area contributed by atoms with Crippen LogP contribution in [0.4, 0.5) is 11.4 Å². The molecule has 7 heteroatoms. The smallest absolute Gasteiger partial charge is 0.262 e. The molecular weight excluding hydrogens is 376 g/mol. The van der Waals surface area contributed by atoms with Crippen molar-refractivity contribution < 1.29 is 17.6 Å². The number of sulfonamides is 1. The molecule has 0 bridgehead atoms. The van der Waals surface area contributed by atoms with Crippen LogP contribution in [0, 0.1) is 27.7 Å². The molecule has 2 aromatic carbocycles. The number of rotatable bonds is 5. The lowest BCUT2D eigenvalue weighted by Gasteiger charge is -2.13. The van der Waals surface area contributed by atoms with Crippen molar-refractivity contribution in [3.05, 3.63) is 76.7 Å². The number of amides is 1. The monoisotopic (exact) mass is 398 g/mol. The van der Waals surface area contributed by atoms with Crippen LogP contribution in [0.1, 0.15) is 33.0 Å². The molecule has 3 rings (SSSR count). The fourth-order valence-electron chi connectivity index (χ4n) is 2.94. The maximum Gasteiger partial charge on any atom is 0.262 e. The average molecular weight is 398 g/mol. The molecule has 0 fully saturated rings. The summed E-state index contributed by atoms with van der Waals surface area (Å²) in [6, 6.07) is 13.5. The van der Waals surface area contributed by atoms with Gasteiger partial charge in [0.15, 0.2) is 0 Å². The molecule has 6 nitrogen and oxygen atoms in total. The molecule has 0 aliphatic rings. The van der Waals surface area contributed by atoms with E-state index < -0.39 is 10.0 Å². The predicted molar refractivity (Wildman–Crippen MR) is 109 cm³/mol. The van der Waals surface area contributed by atoms with Gasteiger partial charge in [0.05, 0.1) is 10.5 Å². The highest BCUT2D eigenvalue weighted by molar-refractivity contribution is 7.92. The number of carbonyl (C=O) groups excluding carboxylic acids is 1. The number of benzene rings is 2. The van der Waals surface area contributed by atoms with E-state index in [1.165, 1.54) is 6.07 Å². The van der Waals surface area contributed by atoms with E-state index in [-0.39, 0.29) is 10.8 Å². The normalized spacial score (nSPS) is 11.3. The summed E-state index contributed by atoms with van der Waals surface area (Å²) in [6.45, 7) is 7.06. The third-order valence-electron chi connectivity index (χ3n) is 4.29. The van der Waals surface area contributed by atoms with Crippen LogP contribution in [-0.2, 0) is 10.0 Å². The molecule has 1 heterocycles. The standard InChI is InChI=1S/C21H22N2O4S/c1-13-6-5-7-18(10-13)23-28(25,26)20-12-17(9-8-14(20)2)22-21(24)19-11-15(3)27-16(19)4/h5-12,23H,1-4H3,(H,22,24). The summed E-state index contributed by atoms with van der Waals surface area (Å²) in [6.07, 6.45) is 0. The fraction of sp³-hybridized carbons (Fsp3) is 0.190. The molecular formula is C21H22N2O4S. The minimum Gasteiger partial charge on any atom is -0.466 e. The van der Waals surface area contributed by atoms with Gasteiger partial charge in [-0.1, -0.05) is 18.2 Å². The van der Waals surface area contributed by atoms with Gasteiger partial charge in [0.25, 0.3) is 15.9 Å². The summed E-state index contributed by atoms with van der Waals surface area (Å²) in [5.74, 6) is 0.793. The highest BCUT2D eigenvalue weighted by Gasteiger charge is 2.19. The van der Waals surface area contributed by atoms with Crippen LogP contribution in [0.15, 0.2) is 57.8 Å². The van der Waals surface area contributed by atoms with E-state index in [1.807, 2.05) is 13.0 Å². The maximum atomic E-state index is 12.9. The first-order chi connectivity index (χ1) is 13.2. The van der Waals surface area contributed by atoms with E-state index in [2.05, 4.69) is 10.0 Å². The van der Waals surface area contributed by atoms with Crippen molar-refractivity contribution >= 4 is 27.3 Å². The first-order valence-corrected chi connectivity index (χ1v) is 10.2. The van der Waals surface area contributed by atoms with Crippen molar-refractivity contribution in [3.63, 3.8) is 0 Å².